The van der Waals surface area contributed by atoms with Crippen molar-refractivity contribution < 1.29 is 0 Å². The number of nitrogens with zero attached hydrogens (tertiary/aromatic N) is 3. The van der Waals surface area contributed by atoms with Gasteiger partial charge in [0, 0.05) is 47.3 Å². The summed E-state index contributed by atoms with van der Waals surface area (Å²) >= 11 is 1.86. The van der Waals surface area contributed by atoms with E-state index in [0.717, 1.165) is 39.1 Å². The first-order valence-corrected chi connectivity index (χ1v) is 18.3. The molecule has 0 aliphatic heterocycles. The molecule has 0 N–H and O–H groups in total. The number of fused-ring (bicyclic) bond motifs is 10. The van der Waals surface area contributed by atoms with Gasteiger partial charge in [-0.15, -0.1) is 11.3 Å². The zero-order valence-corrected chi connectivity index (χ0v) is 29.0. The lowest BCUT2D eigenvalue weighted by atomic mass is 9.82. The van der Waals surface area contributed by atoms with Gasteiger partial charge in [-0.25, -0.2) is 9.97 Å². The summed E-state index contributed by atoms with van der Waals surface area (Å²) < 4.78 is 4.99. The standard InChI is InChI=1S/C47H31N3S/c1-47(2)37-17-7-3-14-32(37)44-34(16-11-18-38(44)47)45-48-39-19-8-4-15-33(39)46(49-45)50-40-20-9-5-12-30(40)35-26-28(22-24-41(35)50)29-23-25-43-36(27-29)31-13-6-10-21-42(31)51-43/h3-27H,1-2H3. The molecule has 0 bridgehead atoms. The molecule has 0 unspecified atom stereocenters. The molecule has 3 aromatic heterocycles. The molecule has 10 aromatic rings. The maximum absolute atomic E-state index is 5.50. The van der Waals surface area contributed by atoms with E-state index in [1.807, 2.05) is 11.3 Å². The molecule has 3 nitrogen and oxygen atoms in total. The van der Waals surface area contributed by atoms with Crippen LogP contribution in [0.2, 0.25) is 0 Å². The van der Waals surface area contributed by atoms with Crippen LogP contribution in [0, 0.1) is 0 Å². The molecule has 3 heterocycles. The van der Waals surface area contributed by atoms with Gasteiger partial charge in [0.25, 0.3) is 0 Å². The van der Waals surface area contributed by atoms with Gasteiger partial charge in [-0.2, -0.15) is 0 Å². The van der Waals surface area contributed by atoms with Gasteiger partial charge in [-0.1, -0.05) is 117 Å². The summed E-state index contributed by atoms with van der Waals surface area (Å²) in [7, 11) is 0. The van der Waals surface area contributed by atoms with Gasteiger partial charge in [0.05, 0.1) is 16.6 Å². The third kappa shape index (κ3) is 4.05. The lowest BCUT2D eigenvalue weighted by Crippen LogP contribution is -2.14. The van der Waals surface area contributed by atoms with Gasteiger partial charge < -0.3 is 0 Å². The van der Waals surface area contributed by atoms with Crippen LogP contribution in [0.15, 0.2) is 152 Å². The van der Waals surface area contributed by atoms with Gasteiger partial charge in [0.2, 0.25) is 0 Å². The van der Waals surface area contributed by atoms with Crippen molar-refractivity contribution in [2.45, 2.75) is 19.3 Å². The SMILES string of the molecule is CC1(C)c2ccccc2-c2c(-c3nc(-n4c5ccccc5c5cc(-c6ccc7sc8ccccc8c7c6)ccc54)c4ccccc4n3)cccc21. The molecule has 0 saturated heterocycles. The molecule has 0 fully saturated rings. The number of benzene rings is 7. The van der Waals surface area contributed by atoms with Crippen molar-refractivity contribution in [2.75, 3.05) is 0 Å². The van der Waals surface area contributed by atoms with Gasteiger partial charge in [0.15, 0.2) is 5.82 Å². The first-order valence-electron chi connectivity index (χ1n) is 17.5. The topological polar surface area (TPSA) is 30.7 Å². The van der Waals surface area contributed by atoms with E-state index in [2.05, 4.69) is 170 Å². The number of aromatic nitrogens is 3. The summed E-state index contributed by atoms with van der Waals surface area (Å²) in [5.74, 6) is 1.63. The molecule has 11 rings (SSSR count). The average Bonchev–Trinajstić information content (AvgIpc) is 3.79. The van der Waals surface area contributed by atoms with E-state index < -0.39 is 0 Å². The third-order valence-corrected chi connectivity index (χ3v) is 12.2. The second-order valence-corrected chi connectivity index (χ2v) is 15.3. The van der Waals surface area contributed by atoms with Crippen molar-refractivity contribution in [1.82, 2.24) is 14.5 Å². The van der Waals surface area contributed by atoms with Crippen LogP contribution >= 0.6 is 11.3 Å². The molecule has 51 heavy (non-hydrogen) atoms. The Morgan fingerprint density at radius 2 is 1.14 bits per heavy atom. The van der Waals surface area contributed by atoms with E-state index in [4.69, 9.17) is 9.97 Å². The van der Waals surface area contributed by atoms with Crippen molar-refractivity contribution in [3.63, 3.8) is 0 Å². The molecule has 0 amide bonds. The predicted molar refractivity (Wildman–Crippen MR) is 215 cm³/mol. The quantitative estimate of drug-likeness (QED) is 0.187. The van der Waals surface area contributed by atoms with Crippen LogP contribution < -0.4 is 0 Å². The molecule has 240 valence electrons. The minimum absolute atomic E-state index is 0.104. The predicted octanol–water partition coefficient (Wildman–Crippen LogP) is 12.7. The van der Waals surface area contributed by atoms with Crippen molar-refractivity contribution in [1.29, 1.82) is 0 Å². The normalized spacial score (nSPS) is 13.5. The highest BCUT2D eigenvalue weighted by Gasteiger charge is 2.37. The molecular formula is C47H31N3S. The molecule has 0 atom stereocenters. The lowest BCUT2D eigenvalue weighted by Gasteiger charge is -2.21. The molecule has 0 saturated carbocycles. The molecule has 1 aliphatic carbocycles. The first-order chi connectivity index (χ1) is 25.0. The van der Waals surface area contributed by atoms with Crippen LogP contribution in [-0.4, -0.2) is 14.5 Å². The Morgan fingerprint density at radius 3 is 2.04 bits per heavy atom. The Kier molecular flexibility index (Phi) is 5.89. The number of para-hydroxylation sites is 2. The Balaban J connectivity index is 1.15. The Hall–Kier alpha value is -6.10. The smallest absolute Gasteiger partial charge is 0.162 e. The maximum Gasteiger partial charge on any atom is 0.162 e. The summed E-state index contributed by atoms with van der Waals surface area (Å²) in [6.07, 6.45) is 0. The largest absolute Gasteiger partial charge is 0.293 e. The van der Waals surface area contributed by atoms with Crippen LogP contribution in [0.3, 0.4) is 0 Å². The van der Waals surface area contributed by atoms with E-state index in [1.54, 1.807) is 0 Å². The Morgan fingerprint density at radius 1 is 0.490 bits per heavy atom. The highest BCUT2D eigenvalue weighted by Crippen LogP contribution is 2.52. The highest BCUT2D eigenvalue weighted by atomic mass is 32.1. The van der Waals surface area contributed by atoms with Gasteiger partial charge in [-0.3, -0.25) is 4.57 Å². The Labute approximate surface area is 299 Å². The first kappa shape index (κ1) is 28.7. The summed E-state index contributed by atoms with van der Waals surface area (Å²) in [4.78, 5) is 10.7. The third-order valence-electron chi connectivity index (χ3n) is 11.0. The zero-order valence-electron chi connectivity index (χ0n) is 28.2. The number of rotatable bonds is 3. The van der Waals surface area contributed by atoms with E-state index in [9.17, 15) is 0 Å². The minimum Gasteiger partial charge on any atom is -0.293 e. The number of hydrogen-bond acceptors (Lipinski definition) is 3. The van der Waals surface area contributed by atoms with Crippen LogP contribution in [0.4, 0.5) is 0 Å². The molecule has 7 aromatic carbocycles. The molecule has 0 radical (unpaired) electrons. The van der Waals surface area contributed by atoms with Crippen molar-refractivity contribution in [3.05, 3.63) is 163 Å². The van der Waals surface area contributed by atoms with E-state index >= 15 is 0 Å². The van der Waals surface area contributed by atoms with Crippen LogP contribution in [0.5, 0.6) is 0 Å². The van der Waals surface area contributed by atoms with Crippen molar-refractivity contribution in [3.8, 4) is 39.5 Å². The van der Waals surface area contributed by atoms with E-state index in [0.29, 0.717) is 0 Å². The van der Waals surface area contributed by atoms with Gasteiger partial charge in [0.1, 0.15) is 5.82 Å². The second kappa shape index (κ2) is 10.5. The lowest BCUT2D eigenvalue weighted by molar-refractivity contribution is 0.660. The molecule has 0 spiro atoms. The maximum atomic E-state index is 5.50. The van der Waals surface area contributed by atoms with Crippen LogP contribution in [-0.2, 0) is 5.41 Å². The van der Waals surface area contributed by atoms with Crippen molar-refractivity contribution >= 4 is 64.2 Å². The van der Waals surface area contributed by atoms with Gasteiger partial charge in [-0.05, 0) is 81.9 Å². The molecular weight excluding hydrogens is 639 g/mol. The summed E-state index contributed by atoms with van der Waals surface area (Å²) in [6.45, 7) is 4.64. The highest BCUT2D eigenvalue weighted by molar-refractivity contribution is 7.25. The monoisotopic (exact) mass is 669 g/mol. The summed E-state index contributed by atoms with van der Waals surface area (Å²) in [6, 6.07) is 55.1. The Bertz CT molecular complexity index is 3070. The number of thiophene rings is 1. The van der Waals surface area contributed by atoms with Crippen molar-refractivity contribution in [2.24, 2.45) is 0 Å². The molecule has 4 heteroatoms. The van der Waals surface area contributed by atoms with E-state index in [1.165, 1.54) is 64.3 Å². The van der Waals surface area contributed by atoms with Crippen LogP contribution in [0.25, 0.3) is 92.3 Å². The zero-order chi connectivity index (χ0) is 33.8. The second-order valence-electron chi connectivity index (χ2n) is 14.2. The summed E-state index contributed by atoms with van der Waals surface area (Å²) in [5, 5.41) is 6.07. The molecule has 1 aliphatic rings. The summed E-state index contributed by atoms with van der Waals surface area (Å²) in [5.41, 5.74) is 11.7. The fourth-order valence-corrected chi connectivity index (χ4v) is 9.66. The minimum atomic E-state index is -0.104. The number of hydrogen-bond donors (Lipinski definition) is 0. The van der Waals surface area contributed by atoms with E-state index in [-0.39, 0.29) is 5.41 Å². The fourth-order valence-electron chi connectivity index (χ4n) is 8.58. The van der Waals surface area contributed by atoms with Gasteiger partial charge >= 0.3 is 0 Å². The average molecular weight is 670 g/mol. The fraction of sp³-hybridized carbons (Fsp3) is 0.0638. The van der Waals surface area contributed by atoms with Crippen LogP contribution in [0.1, 0.15) is 25.0 Å².